The lowest BCUT2D eigenvalue weighted by atomic mass is 9.48. The summed E-state index contributed by atoms with van der Waals surface area (Å²) < 4.78 is 0. The number of nitrogens with two attached hydrogens (primary N) is 1. The molecule has 2 heteroatoms. The topological polar surface area (TPSA) is 29.3 Å². The molecule has 120 valence electrons. The Balaban J connectivity index is 1.61. The Labute approximate surface area is 130 Å². The highest BCUT2D eigenvalue weighted by atomic mass is 15.3. The molecule has 0 aromatic carbocycles. The van der Waals surface area contributed by atoms with E-state index in [9.17, 15) is 0 Å². The fourth-order valence-electron chi connectivity index (χ4n) is 6.43. The molecule has 0 aromatic rings. The van der Waals surface area contributed by atoms with Crippen LogP contribution in [-0.4, -0.2) is 29.6 Å². The summed E-state index contributed by atoms with van der Waals surface area (Å²) in [7, 11) is 0. The Hall–Kier alpha value is -0.0800. The van der Waals surface area contributed by atoms with Gasteiger partial charge in [0.05, 0.1) is 0 Å². The molecule has 0 spiro atoms. The fraction of sp³-hybridized carbons (Fsp3) is 1.00. The van der Waals surface area contributed by atoms with Gasteiger partial charge in [-0.2, -0.15) is 0 Å². The van der Waals surface area contributed by atoms with Gasteiger partial charge in [0.1, 0.15) is 0 Å². The zero-order valence-electron chi connectivity index (χ0n) is 14.1. The van der Waals surface area contributed by atoms with Gasteiger partial charge in [0, 0.05) is 18.1 Å². The summed E-state index contributed by atoms with van der Waals surface area (Å²) in [5.74, 6) is 4.77. The summed E-state index contributed by atoms with van der Waals surface area (Å²) in [6.07, 6.45) is 11.8. The van der Waals surface area contributed by atoms with Crippen molar-refractivity contribution in [1.29, 1.82) is 0 Å². The number of rotatable bonds is 6. The van der Waals surface area contributed by atoms with Gasteiger partial charge >= 0.3 is 0 Å². The van der Waals surface area contributed by atoms with Gasteiger partial charge < -0.3 is 5.73 Å². The van der Waals surface area contributed by atoms with E-state index in [4.69, 9.17) is 5.73 Å². The molecular weight excluding hydrogens is 256 g/mol. The molecule has 5 aliphatic carbocycles. The lowest BCUT2D eigenvalue weighted by Gasteiger charge is -2.65. The van der Waals surface area contributed by atoms with Crippen molar-refractivity contribution in [2.24, 2.45) is 35.3 Å². The Morgan fingerprint density at radius 1 is 1.00 bits per heavy atom. The zero-order chi connectivity index (χ0) is 14.6. The van der Waals surface area contributed by atoms with Crippen LogP contribution in [-0.2, 0) is 0 Å². The van der Waals surface area contributed by atoms with Gasteiger partial charge in [0.25, 0.3) is 0 Å². The molecule has 0 aliphatic heterocycles. The fourth-order valence-corrected chi connectivity index (χ4v) is 6.43. The standard InChI is InChI=1S/C19H34N2/c1-13(2)5-6-21(18-3-4-18)19(12-20)16-8-14-7-15(10-16)11-17(19)9-14/h13-18H,3-12,20H2,1-2H3. The number of hydrogen-bond donors (Lipinski definition) is 1. The maximum atomic E-state index is 6.52. The maximum Gasteiger partial charge on any atom is 0.0391 e. The van der Waals surface area contributed by atoms with E-state index in [1.54, 1.807) is 6.42 Å². The summed E-state index contributed by atoms with van der Waals surface area (Å²) in [5.41, 5.74) is 6.91. The van der Waals surface area contributed by atoms with Crippen molar-refractivity contribution in [3.8, 4) is 0 Å². The van der Waals surface area contributed by atoms with Crippen molar-refractivity contribution in [2.45, 2.75) is 76.8 Å². The monoisotopic (exact) mass is 290 g/mol. The Kier molecular flexibility index (Phi) is 3.61. The summed E-state index contributed by atoms with van der Waals surface area (Å²) >= 11 is 0. The van der Waals surface area contributed by atoms with Gasteiger partial charge in [-0.25, -0.2) is 0 Å². The van der Waals surface area contributed by atoms with Crippen LogP contribution in [0.4, 0.5) is 0 Å². The van der Waals surface area contributed by atoms with Gasteiger partial charge in [0.15, 0.2) is 0 Å². The molecule has 5 rings (SSSR count). The third-order valence-corrected chi connectivity index (χ3v) is 7.35. The summed E-state index contributed by atoms with van der Waals surface area (Å²) in [6, 6.07) is 0.879. The van der Waals surface area contributed by atoms with Crippen LogP contribution in [0.5, 0.6) is 0 Å². The Morgan fingerprint density at radius 2 is 1.57 bits per heavy atom. The molecule has 0 amide bonds. The molecule has 5 aliphatic rings. The Bertz CT molecular complexity index is 357. The first-order valence-electron chi connectivity index (χ1n) is 9.60. The largest absolute Gasteiger partial charge is 0.329 e. The highest BCUT2D eigenvalue weighted by Crippen LogP contribution is 2.61. The van der Waals surface area contributed by atoms with E-state index in [1.165, 1.54) is 51.5 Å². The summed E-state index contributed by atoms with van der Waals surface area (Å²) in [6.45, 7) is 6.98. The van der Waals surface area contributed by atoms with E-state index < -0.39 is 0 Å². The second-order valence-corrected chi connectivity index (χ2v) is 9.11. The van der Waals surface area contributed by atoms with E-state index in [1.807, 2.05) is 0 Å². The van der Waals surface area contributed by atoms with Crippen molar-refractivity contribution in [3.63, 3.8) is 0 Å². The van der Waals surface area contributed by atoms with Crippen molar-refractivity contribution < 1.29 is 0 Å². The molecule has 4 bridgehead atoms. The molecular formula is C19H34N2. The smallest absolute Gasteiger partial charge is 0.0391 e. The lowest BCUT2D eigenvalue weighted by Crippen LogP contribution is -2.70. The van der Waals surface area contributed by atoms with E-state index in [0.29, 0.717) is 5.54 Å². The minimum absolute atomic E-state index is 0.392. The molecule has 0 atom stereocenters. The summed E-state index contributed by atoms with van der Waals surface area (Å²) in [4.78, 5) is 2.96. The molecule has 0 radical (unpaired) electrons. The van der Waals surface area contributed by atoms with E-state index >= 15 is 0 Å². The van der Waals surface area contributed by atoms with E-state index in [2.05, 4.69) is 18.7 Å². The van der Waals surface area contributed by atoms with Gasteiger partial charge in [-0.15, -0.1) is 0 Å². The SMILES string of the molecule is CC(C)CCN(C1CC1)C1(CN)C2CC3CC(C2)CC1C3. The van der Waals surface area contributed by atoms with Crippen molar-refractivity contribution in [2.75, 3.05) is 13.1 Å². The van der Waals surface area contributed by atoms with Crippen molar-refractivity contribution in [1.82, 2.24) is 4.90 Å². The molecule has 2 nitrogen and oxygen atoms in total. The normalized spacial score (nSPS) is 45.0. The molecule has 0 saturated heterocycles. The second kappa shape index (κ2) is 5.23. The molecule has 5 saturated carbocycles. The zero-order valence-corrected chi connectivity index (χ0v) is 14.1. The number of hydrogen-bond acceptors (Lipinski definition) is 2. The lowest BCUT2D eigenvalue weighted by molar-refractivity contribution is -0.135. The first-order chi connectivity index (χ1) is 10.1. The molecule has 0 aromatic heterocycles. The first kappa shape index (κ1) is 14.5. The predicted octanol–water partition coefficient (Wildman–Crippen LogP) is 3.65. The molecule has 21 heavy (non-hydrogen) atoms. The van der Waals surface area contributed by atoms with E-state index in [-0.39, 0.29) is 0 Å². The van der Waals surface area contributed by atoms with Crippen molar-refractivity contribution >= 4 is 0 Å². The van der Waals surface area contributed by atoms with Crippen LogP contribution in [0, 0.1) is 29.6 Å². The van der Waals surface area contributed by atoms with Crippen LogP contribution in [0.1, 0.15) is 65.2 Å². The minimum atomic E-state index is 0.392. The second-order valence-electron chi connectivity index (χ2n) is 9.11. The van der Waals surface area contributed by atoms with Crippen LogP contribution in [0.25, 0.3) is 0 Å². The van der Waals surface area contributed by atoms with Gasteiger partial charge in [0.2, 0.25) is 0 Å². The van der Waals surface area contributed by atoms with Crippen molar-refractivity contribution in [3.05, 3.63) is 0 Å². The average Bonchev–Trinajstić information content (AvgIpc) is 3.25. The van der Waals surface area contributed by atoms with Gasteiger partial charge in [-0.3, -0.25) is 4.90 Å². The predicted molar refractivity (Wildman–Crippen MR) is 88.0 cm³/mol. The van der Waals surface area contributed by atoms with Crippen LogP contribution >= 0.6 is 0 Å². The molecule has 2 N–H and O–H groups in total. The summed E-state index contributed by atoms with van der Waals surface area (Å²) in [5, 5.41) is 0. The van der Waals surface area contributed by atoms with E-state index in [0.717, 1.165) is 42.2 Å². The third kappa shape index (κ3) is 2.28. The minimum Gasteiger partial charge on any atom is -0.329 e. The van der Waals surface area contributed by atoms with Crippen LogP contribution in [0.2, 0.25) is 0 Å². The van der Waals surface area contributed by atoms with Gasteiger partial charge in [-0.1, -0.05) is 13.8 Å². The highest BCUT2D eigenvalue weighted by molar-refractivity contribution is 5.14. The molecule has 5 fully saturated rings. The quantitative estimate of drug-likeness (QED) is 0.809. The maximum absolute atomic E-state index is 6.52. The molecule has 0 unspecified atom stereocenters. The van der Waals surface area contributed by atoms with Crippen LogP contribution < -0.4 is 5.73 Å². The third-order valence-electron chi connectivity index (χ3n) is 7.35. The molecule has 0 heterocycles. The number of nitrogens with zero attached hydrogens (tertiary/aromatic N) is 1. The first-order valence-corrected chi connectivity index (χ1v) is 9.60. The Morgan fingerprint density at radius 3 is 2.00 bits per heavy atom. The van der Waals surface area contributed by atoms with Gasteiger partial charge in [-0.05, 0) is 87.5 Å². The highest BCUT2D eigenvalue weighted by Gasteiger charge is 2.60. The van der Waals surface area contributed by atoms with Crippen LogP contribution in [0.15, 0.2) is 0 Å². The van der Waals surface area contributed by atoms with Crippen LogP contribution in [0.3, 0.4) is 0 Å². The average molecular weight is 290 g/mol.